The number of urea groups is 1. The molecule has 1 aromatic carbocycles. The molecule has 0 aromatic heterocycles. The van der Waals surface area contributed by atoms with Gasteiger partial charge in [0.15, 0.2) is 0 Å². The maximum atomic E-state index is 12.4. The van der Waals surface area contributed by atoms with Crippen LogP contribution in [0.5, 0.6) is 11.5 Å². The molecule has 7 nitrogen and oxygen atoms in total. The summed E-state index contributed by atoms with van der Waals surface area (Å²) in [6, 6.07) is 4.68. The number of ether oxygens (including phenoxy) is 2. The van der Waals surface area contributed by atoms with Crippen LogP contribution in [0.4, 0.5) is 4.79 Å². The van der Waals surface area contributed by atoms with E-state index in [2.05, 4.69) is 10.6 Å². The third kappa shape index (κ3) is 4.53. The summed E-state index contributed by atoms with van der Waals surface area (Å²) in [6.45, 7) is 1.02. The predicted octanol–water partition coefficient (Wildman–Crippen LogP) is 1.51. The van der Waals surface area contributed by atoms with Gasteiger partial charge < -0.3 is 25.0 Å². The summed E-state index contributed by atoms with van der Waals surface area (Å²) < 4.78 is 10.5. The molecule has 132 valence electrons. The van der Waals surface area contributed by atoms with Gasteiger partial charge in [-0.3, -0.25) is 4.79 Å². The van der Waals surface area contributed by atoms with E-state index < -0.39 is 6.04 Å². The summed E-state index contributed by atoms with van der Waals surface area (Å²) in [4.78, 5) is 25.8. The van der Waals surface area contributed by atoms with Gasteiger partial charge in [0.25, 0.3) is 0 Å². The molecule has 1 saturated heterocycles. The van der Waals surface area contributed by atoms with Gasteiger partial charge in [0.2, 0.25) is 5.91 Å². The van der Waals surface area contributed by atoms with Gasteiger partial charge in [-0.1, -0.05) is 0 Å². The Morgan fingerprint density at radius 2 is 2.12 bits per heavy atom. The van der Waals surface area contributed by atoms with Gasteiger partial charge >= 0.3 is 6.03 Å². The topological polar surface area (TPSA) is 79.9 Å². The molecule has 0 bridgehead atoms. The van der Waals surface area contributed by atoms with Crippen LogP contribution in [0.2, 0.25) is 0 Å². The molecule has 2 rings (SSSR count). The third-order valence-corrected chi connectivity index (χ3v) is 4.07. The Balaban J connectivity index is 2.02. The van der Waals surface area contributed by atoms with Crippen molar-refractivity contribution in [2.45, 2.75) is 31.8 Å². The smallest absolute Gasteiger partial charge is 0.318 e. The molecular formula is C17H25N3O4. The quantitative estimate of drug-likeness (QED) is 0.855. The molecule has 1 fully saturated rings. The van der Waals surface area contributed by atoms with E-state index in [1.54, 1.807) is 33.4 Å². The SMILES string of the molecule is COc1ccc(OC)c(CN(C)C(=O)N[C@@H]2CCCCNC2=O)c1. The van der Waals surface area contributed by atoms with Gasteiger partial charge in [-0.05, 0) is 37.5 Å². The molecule has 1 aliphatic heterocycles. The number of rotatable bonds is 5. The van der Waals surface area contributed by atoms with Gasteiger partial charge in [-0.25, -0.2) is 4.79 Å². The summed E-state index contributed by atoms with van der Waals surface area (Å²) in [5.74, 6) is 1.26. The molecule has 3 amide bonds. The zero-order valence-corrected chi connectivity index (χ0v) is 14.4. The molecule has 0 radical (unpaired) electrons. The molecule has 7 heteroatoms. The van der Waals surface area contributed by atoms with Gasteiger partial charge in [0, 0.05) is 19.2 Å². The molecule has 0 saturated carbocycles. The first-order valence-electron chi connectivity index (χ1n) is 8.05. The molecule has 0 spiro atoms. The van der Waals surface area contributed by atoms with Crippen molar-refractivity contribution in [1.82, 2.24) is 15.5 Å². The number of hydrogen-bond donors (Lipinski definition) is 2. The predicted molar refractivity (Wildman–Crippen MR) is 90.2 cm³/mol. The first-order chi connectivity index (χ1) is 11.5. The summed E-state index contributed by atoms with van der Waals surface area (Å²) in [6.07, 6.45) is 2.51. The number of carbonyl (C=O) groups is 2. The number of methoxy groups -OCH3 is 2. The van der Waals surface area contributed by atoms with E-state index in [0.717, 1.165) is 18.4 Å². The normalized spacial score (nSPS) is 17.5. The van der Waals surface area contributed by atoms with E-state index in [1.165, 1.54) is 4.90 Å². The Morgan fingerprint density at radius 3 is 2.83 bits per heavy atom. The van der Waals surface area contributed by atoms with Crippen LogP contribution in [-0.2, 0) is 11.3 Å². The Kier molecular flexibility index (Phi) is 6.28. The molecule has 1 aromatic rings. The van der Waals surface area contributed by atoms with Gasteiger partial charge in [0.05, 0.1) is 20.8 Å². The lowest BCUT2D eigenvalue weighted by Crippen LogP contribution is -2.49. The summed E-state index contributed by atoms with van der Waals surface area (Å²) in [5.41, 5.74) is 0.833. The number of nitrogens with one attached hydrogen (secondary N) is 2. The van der Waals surface area contributed by atoms with Crippen LogP contribution >= 0.6 is 0 Å². The van der Waals surface area contributed by atoms with Crippen molar-refractivity contribution in [2.75, 3.05) is 27.8 Å². The van der Waals surface area contributed by atoms with Crippen LogP contribution in [0, 0.1) is 0 Å². The number of benzene rings is 1. The molecule has 1 atom stereocenters. The molecule has 1 aliphatic rings. The van der Waals surface area contributed by atoms with Crippen LogP contribution in [0.25, 0.3) is 0 Å². The number of carbonyl (C=O) groups excluding carboxylic acids is 2. The van der Waals surface area contributed by atoms with Crippen molar-refractivity contribution in [3.05, 3.63) is 23.8 Å². The zero-order chi connectivity index (χ0) is 17.5. The van der Waals surface area contributed by atoms with E-state index in [1.807, 2.05) is 6.07 Å². The fraction of sp³-hybridized carbons (Fsp3) is 0.529. The average molecular weight is 335 g/mol. The second-order valence-electron chi connectivity index (χ2n) is 5.82. The highest BCUT2D eigenvalue weighted by atomic mass is 16.5. The Morgan fingerprint density at radius 1 is 1.33 bits per heavy atom. The van der Waals surface area contributed by atoms with Crippen molar-refractivity contribution < 1.29 is 19.1 Å². The fourth-order valence-electron chi connectivity index (χ4n) is 2.67. The maximum absolute atomic E-state index is 12.4. The van der Waals surface area contributed by atoms with E-state index in [9.17, 15) is 9.59 Å². The Bertz CT molecular complexity index is 591. The lowest BCUT2D eigenvalue weighted by Gasteiger charge is -2.23. The largest absolute Gasteiger partial charge is 0.497 e. The summed E-state index contributed by atoms with van der Waals surface area (Å²) in [7, 11) is 4.86. The van der Waals surface area contributed by atoms with Gasteiger partial charge in [0.1, 0.15) is 17.5 Å². The fourth-order valence-corrected chi connectivity index (χ4v) is 2.67. The van der Waals surface area contributed by atoms with Crippen molar-refractivity contribution in [3.63, 3.8) is 0 Å². The highest BCUT2D eigenvalue weighted by Crippen LogP contribution is 2.25. The summed E-state index contributed by atoms with van der Waals surface area (Å²) >= 11 is 0. The molecule has 2 N–H and O–H groups in total. The Hall–Kier alpha value is -2.44. The average Bonchev–Trinajstić information content (AvgIpc) is 2.79. The lowest BCUT2D eigenvalue weighted by atomic mass is 10.1. The number of nitrogens with zero attached hydrogens (tertiary/aromatic N) is 1. The zero-order valence-electron chi connectivity index (χ0n) is 14.4. The van der Waals surface area contributed by atoms with Crippen molar-refractivity contribution in [3.8, 4) is 11.5 Å². The lowest BCUT2D eigenvalue weighted by molar-refractivity contribution is -0.122. The van der Waals surface area contributed by atoms with Crippen LogP contribution < -0.4 is 20.1 Å². The molecule has 0 aliphatic carbocycles. The first-order valence-corrected chi connectivity index (χ1v) is 8.05. The van der Waals surface area contributed by atoms with Crippen LogP contribution in [0.15, 0.2) is 18.2 Å². The molecule has 1 heterocycles. The third-order valence-electron chi connectivity index (χ3n) is 4.07. The van der Waals surface area contributed by atoms with Crippen LogP contribution in [0.3, 0.4) is 0 Å². The highest BCUT2D eigenvalue weighted by molar-refractivity contribution is 5.87. The second-order valence-corrected chi connectivity index (χ2v) is 5.82. The highest BCUT2D eigenvalue weighted by Gasteiger charge is 2.24. The van der Waals surface area contributed by atoms with E-state index in [4.69, 9.17) is 9.47 Å². The minimum atomic E-state index is -0.477. The maximum Gasteiger partial charge on any atom is 0.318 e. The first kappa shape index (κ1) is 17.9. The van der Waals surface area contributed by atoms with Crippen LogP contribution in [0.1, 0.15) is 24.8 Å². The van der Waals surface area contributed by atoms with Gasteiger partial charge in [-0.15, -0.1) is 0 Å². The van der Waals surface area contributed by atoms with E-state index in [-0.39, 0.29) is 11.9 Å². The van der Waals surface area contributed by atoms with E-state index in [0.29, 0.717) is 31.0 Å². The number of amides is 3. The Labute approximate surface area is 142 Å². The van der Waals surface area contributed by atoms with Crippen LogP contribution in [-0.4, -0.2) is 50.7 Å². The van der Waals surface area contributed by atoms with Crippen molar-refractivity contribution >= 4 is 11.9 Å². The van der Waals surface area contributed by atoms with E-state index >= 15 is 0 Å². The molecular weight excluding hydrogens is 310 g/mol. The molecule has 24 heavy (non-hydrogen) atoms. The number of hydrogen-bond acceptors (Lipinski definition) is 4. The molecule has 0 unspecified atom stereocenters. The second kappa shape index (κ2) is 8.42. The van der Waals surface area contributed by atoms with Gasteiger partial charge in [-0.2, -0.15) is 0 Å². The van der Waals surface area contributed by atoms with Crippen molar-refractivity contribution in [2.24, 2.45) is 0 Å². The minimum absolute atomic E-state index is 0.117. The summed E-state index contributed by atoms with van der Waals surface area (Å²) in [5, 5.41) is 5.61. The minimum Gasteiger partial charge on any atom is -0.497 e. The monoisotopic (exact) mass is 335 g/mol. The standard InChI is InChI=1S/C17H25N3O4/c1-20(11-12-10-13(23-2)7-8-15(12)24-3)17(22)19-14-6-4-5-9-18-16(14)21/h7-8,10,14H,4-6,9,11H2,1-3H3,(H,18,21)(H,19,22)/t14-/m1/s1. The van der Waals surface area contributed by atoms with Crippen molar-refractivity contribution in [1.29, 1.82) is 0 Å².